The number of hydrogen-bond donors (Lipinski definition) is 0. The van der Waals surface area contributed by atoms with Crippen molar-refractivity contribution in [1.29, 1.82) is 0 Å². The van der Waals surface area contributed by atoms with Crippen LogP contribution in [0.1, 0.15) is 12.0 Å². The number of aryl methyl sites for hydroxylation is 1. The Hall–Kier alpha value is -1.25. The molecule has 0 bridgehead atoms. The molecule has 1 aliphatic heterocycles. The normalized spacial score (nSPS) is 38.5. The van der Waals surface area contributed by atoms with Crippen LogP contribution in [-0.4, -0.2) is 24.7 Å². The van der Waals surface area contributed by atoms with E-state index in [2.05, 4.69) is 29.9 Å². The minimum absolute atomic E-state index is 0.386. The van der Waals surface area contributed by atoms with E-state index >= 15 is 0 Å². The van der Waals surface area contributed by atoms with E-state index in [1.807, 2.05) is 6.20 Å². The Morgan fingerprint density at radius 3 is 2.94 bits per heavy atom. The van der Waals surface area contributed by atoms with Crippen LogP contribution in [0.25, 0.3) is 0 Å². The van der Waals surface area contributed by atoms with Crippen molar-refractivity contribution in [2.45, 2.75) is 19.4 Å². The number of rotatable bonds is 1. The molecule has 0 spiro atoms. The van der Waals surface area contributed by atoms with E-state index in [0.717, 1.165) is 35.9 Å². The fourth-order valence-electron chi connectivity index (χ4n) is 3.03. The molecule has 2 fully saturated rings. The van der Waals surface area contributed by atoms with Gasteiger partial charge < -0.3 is 9.64 Å². The van der Waals surface area contributed by atoms with Gasteiger partial charge in [0.1, 0.15) is 11.8 Å². The second-order valence-corrected chi connectivity index (χ2v) is 5.51. The van der Waals surface area contributed by atoms with E-state index < -0.39 is 0 Å². The van der Waals surface area contributed by atoms with Gasteiger partial charge >= 0.3 is 0 Å². The number of aromatic nitrogens is 1. The van der Waals surface area contributed by atoms with Crippen molar-refractivity contribution >= 4 is 5.69 Å². The summed E-state index contributed by atoms with van der Waals surface area (Å²) < 4.78 is 6.03. The molecule has 0 N–H and O–H groups in total. The highest BCUT2D eigenvalue weighted by Crippen LogP contribution is 2.70. The lowest BCUT2D eigenvalue weighted by atomic mass is 10.1. The van der Waals surface area contributed by atoms with Gasteiger partial charge in [-0.15, -0.1) is 0 Å². The van der Waals surface area contributed by atoms with Gasteiger partial charge in [0.25, 0.3) is 0 Å². The van der Waals surface area contributed by atoms with Crippen LogP contribution in [0.15, 0.2) is 12.3 Å². The van der Waals surface area contributed by atoms with Crippen molar-refractivity contribution in [2.24, 2.45) is 17.8 Å². The molecule has 2 aliphatic carbocycles. The Kier molecular flexibility index (Phi) is 1.50. The molecular formula is C13H16N2O. The van der Waals surface area contributed by atoms with Crippen LogP contribution in [0.2, 0.25) is 0 Å². The highest BCUT2D eigenvalue weighted by molar-refractivity contribution is 5.57. The number of nitrogens with zero attached hydrogens (tertiary/aromatic N) is 2. The second kappa shape index (κ2) is 2.70. The predicted molar refractivity (Wildman–Crippen MR) is 61.7 cm³/mol. The smallest absolute Gasteiger partial charge is 0.237 e. The third-order valence-electron chi connectivity index (χ3n) is 4.27. The van der Waals surface area contributed by atoms with Crippen molar-refractivity contribution < 1.29 is 4.74 Å². The molecule has 2 saturated carbocycles. The molecule has 4 rings (SSSR count). The fraction of sp³-hybridized carbons (Fsp3) is 0.615. The number of likely N-dealkylation sites (N-methyl/N-ethyl adjacent to an activating group) is 1. The number of fused-ring (bicyclic) bond motifs is 2. The largest absolute Gasteiger partial charge is 0.471 e. The van der Waals surface area contributed by atoms with Crippen molar-refractivity contribution in [3.8, 4) is 5.88 Å². The standard InChI is InChI=1S/C13H16N2O/c1-7-3-10-13(14-5-7)16-11(6-15(10)2)12-8-4-9(8)12/h3,5,8-9,11-12H,4,6H2,1-2H3. The minimum atomic E-state index is 0.386. The molecule has 3 nitrogen and oxygen atoms in total. The summed E-state index contributed by atoms with van der Waals surface area (Å²) in [6.45, 7) is 3.10. The van der Waals surface area contributed by atoms with E-state index in [4.69, 9.17) is 4.74 Å². The summed E-state index contributed by atoms with van der Waals surface area (Å²) in [6.07, 6.45) is 3.72. The van der Waals surface area contributed by atoms with Crippen molar-refractivity contribution in [2.75, 3.05) is 18.5 Å². The maximum atomic E-state index is 6.03. The second-order valence-electron chi connectivity index (χ2n) is 5.51. The molecule has 3 unspecified atom stereocenters. The molecule has 3 aliphatic rings. The molecule has 0 radical (unpaired) electrons. The van der Waals surface area contributed by atoms with Crippen molar-refractivity contribution in [3.63, 3.8) is 0 Å². The molecule has 0 aromatic carbocycles. The number of hydrogen-bond acceptors (Lipinski definition) is 3. The van der Waals surface area contributed by atoms with Crippen LogP contribution in [0.5, 0.6) is 5.88 Å². The van der Waals surface area contributed by atoms with Gasteiger partial charge in [0.15, 0.2) is 0 Å². The first-order valence-corrected chi connectivity index (χ1v) is 6.08. The Morgan fingerprint density at radius 1 is 1.44 bits per heavy atom. The molecule has 16 heavy (non-hydrogen) atoms. The highest BCUT2D eigenvalue weighted by atomic mass is 16.5. The van der Waals surface area contributed by atoms with E-state index in [1.165, 1.54) is 12.0 Å². The minimum Gasteiger partial charge on any atom is -0.471 e. The lowest BCUT2D eigenvalue weighted by molar-refractivity contribution is 0.144. The zero-order valence-electron chi connectivity index (χ0n) is 9.68. The lowest BCUT2D eigenvalue weighted by Crippen LogP contribution is -2.40. The van der Waals surface area contributed by atoms with Gasteiger partial charge in [-0.25, -0.2) is 4.98 Å². The molecule has 3 heteroatoms. The van der Waals surface area contributed by atoms with Gasteiger partial charge in [-0.3, -0.25) is 0 Å². The van der Waals surface area contributed by atoms with E-state index in [9.17, 15) is 0 Å². The van der Waals surface area contributed by atoms with Crippen LogP contribution < -0.4 is 9.64 Å². The average molecular weight is 216 g/mol. The third-order valence-corrected chi connectivity index (χ3v) is 4.27. The summed E-state index contributed by atoms with van der Waals surface area (Å²) in [7, 11) is 2.14. The summed E-state index contributed by atoms with van der Waals surface area (Å²) in [5.74, 6) is 3.64. The first kappa shape index (κ1) is 8.85. The summed E-state index contributed by atoms with van der Waals surface area (Å²) in [6, 6.07) is 2.16. The zero-order valence-corrected chi connectivity index (χ0v) is 9.68. The quantitative estimate of drug-likeness (QED) is 0.716. The van der Waals surface area contributed by atoms with Gasteiger partial charge in [-0.1, -0.05) is 0 Å². The summed E-state index contributed by atoms with van der Waals surface area (Å²) in [4.78, 5) is 6.70. The SMILES string of the molecule is Cc1cnc2c(c1)N(C)CC(C1C3CC31)O2. The number of anilines is 1. The molecule has 84 valence electrons. The van der Waals surface area contributed by atoms with E-state index in [-0.39, 0.29) is 0 Å². The molecule has 0 amide bonds. The number of ether oxygens (including phenoxy) is 1. The average Bonchev–Trinajstić information content (AvgIpc) is 3.08. The first-order valence-electron chi connectivity index (χ1n) is 6.08. The van der Waals surface area contributed by atoms with Crippen LogP contribution in [0.3, 0.4) is 0 Å². The fourth-order valence-corrected chi connectivity index (χ4v) is 3.03. The zero-order chi connectivity index (χ0) is 10.9. The number of pyridine rings is 1. The Labute approximate surface area is 95.4 Å². The van der Waals surface area contributed by atoms with Crippen molar-refractivity contribution in [1.82, 2.24) is 4.98 Å². The molecule has 1 aromatic rings. The van der Waals surface area contributed by atoms with Gasteiger partial charge in [0.05, 0.1) is 6.54 Å². The highest BCUT2D eigenvalue weighted by Gasteiger charge is 2.68. The summed E-state index contributed by atoms with van der Waals surface area (Å²) in [5.41, 5.74) is 2.34. The predicted octanol–water partition coefficient (Wildman–Crippen LogP) is 1.85. The molecule has 2 heterocycles. The topological polar surface area (TPSA) is 25.4 Å². The molecular weight excluding hydrogens is 200 g/mol. The van der Waals surface area contributed by atoms with Gasteiger partial charge in [0, 0.05) is 19.2 Å². The molecule has 3 atom stereocenters. The van der Waals surface area contributed by atoms with Crippen LogP contribution in [0, 0.1) is 24.7 Å². The Morgan fingerprint density at radius 2 is 2.25 bits per heavy atom. The molecule has 1 aromatic heterocycles. The summed E-state index contributed by atoms with van der Waals surface area (Å²) >= 11 is 0. The van der Waals surface area contributed by atoms with Gasteiger partial charge in [0.2, 0.25) is 5.88 Å². The van der Waals surface area contributed by atoms with E-state index in [0.29, 0.717) is 6.10 Å². The lowest BCUT2D eigenvalue weighted by Gasteiger charge is -2.34. The van der Waals surface area contributed by atoms with Gasteiger partial charge in [-0.2, -0.15) is 0 Å². The van der Waals surface area contributed by atoms with Crippen LogP contribution in [0.4, 0.5) is 5.69 Å². The molecule has 0 saturated heterocycles. The Bertz CT molecular complexity index is 451. The summed E-state index contributed by atoms with van der Waals surface area (Å²) in [5, 5.41) is 0. The van der Waals surface area contributed by atoms with Crippen molar-refractivity contribution in [3.05, 3.63) is 17.8 Å². The maximum Gasteiger partial charge on any atom is 0.237 e. The first-order chi connectivity index (χ1) is 7.74. The monoisotopic (exact) mass is 216 g/mol. The third kappa shape index (κ3) is 1.11. The maximum absolute atomic E-state index is 6.03. The van der Waals surface area contributed by atoms with Crippen LogP contribution >= 0.6 is 0 Å². The Balaban J connectivity index is 1.65. The van der Waals surface area contributed by atoms with Crippen LogP contribution in [-0.2, 0) is 0 Å². The van der Waals surface area contributed by atoms with Gasteiger partial charge in [-0.05, 0) is 36.8 Å². The van der Waals surface area contributed by atoms with E-state index in [1.54, 1.807) is 0 Å².